The lowest BCUT2D eigenvalue weighted by atomic mass is 10.1. The summed E-state index contributed by atoms with van der Waals surface area (Å²) < 4.78 is 0. The number of piperazine rings is 1. The number of hydrogen-bond acceptors (Lipinski definition) is 4. The molecule has 1 aromatic heterocycles. The highest BCUT2D eigenvalue weighted by Crippen LogP contribution is 2.24. The number of anilines is 1. The van der Waals surface area contributed by atoms with Crippen LogP contribution in [0.4, 0.5) is 5.69 Å². The monoisotopic (exact) mass is 343 g/mol. The standard InChI is InChI=1S/C19H25N3OS/c1-4-7-18-20-16(13-24-18)19(23)22-11-10-21(12-15(22)3)17-9-6-5-8-14(17)2/h5-6,8-9,13,15H,4,7,10-12H2,1-3H3. The molecule has 4 nitrogen and oxygen atoms in total. The van der Waals surface area contributed by atoms with Crippen LogP contribution < -0.4 is 4.90 Å². The van der Waals surface area contributed by atoms with Crippen molar-refractivity contribution in [1.82, 2.24) is 9.88 Å². The van der Waals surface area contributed by atoms with Crippen molar-refractivity contribution in [2.45, 2.75) is 39.7 Å². The summed E-state index contributed by atoms with van der Waals surface area (Å²) in [6, 6.07) is 8.63. The highest BCUT2D eigenvalue weighted by molar-refractivity contribution is 7.09. The Kier molecular flexibility index (Phi) is 5.19. The van der Waals surface area contributed by atoms with Crippen LogP contribution in [0.1, 0.15) is 41.3 Å². The molecule has 2 heterocycles. The van der Waals surface area contributed by atoms with Gasteiger partial charge in [-0.25, -0.2) is 4.98 Å². The van der Waals surface area contributed by atoms with E-state index in [4.69, 9.17) is 0 Å². The second-order valence-electron chi connectivity index (χ2n) is 6.46. The predicted molar refractivity (Wildman–Crippen MR) is 100.0 cm³/mol. The minimum Gasteiger partial charge on any atom is -0.367 e. The molecule has 1 saturated heterocycles. The van der Waals surface area contributed by atoms with Crippen LogP contribution in [0, 0.1) is 6.92 Å². The molecule has 0 bridgehead atoms. The number of nitrogens with zero attached hydrogens (tertiary/aromatic N) is 3. The van der Waals surface area contributed by atoms with Gasteiger partial charge in [-0.3, -0.25) is 4.79 Å². The van der Waals surface area contributed by atoms with Crippen LogP contribution >= 0.6 is 11.3 Å². The molecule has 1 aliphatic heterocycles. The molecule has 5 heteroatoms. The Balaban J connectivity index is 1.69. The quantitative estimate of drug-likeness (QED) is 0.848. The average molecular weight is 343 g/mol. The fraction of sp³-hybridized carbons (Fsp3) is 0.474. The number of rotatable bonds is 4. The highest BCUT2D eigenvalue weighted by atomic mass is 32.1. The molecular formula is C19H25N3OS. The minimum absolute atomic E-state index is 0.0746. The normalized spacial score (nSPS) is 18.0. The zero-order valence-electron chi connectivity index (χ0n) is 14.7. The summed E-state index contributed by atoms with van der Waals surface area (Å²) in [6.45, 7) is 8.88. The minimum atomic E-state index is 0.0746. The van der Waals surface area contributed by atoms with Gasteiger partial charge in [0.15, 0.2) is 0 Å². The van der Waals surface area contributed by atoms with Crippen LogP contribution in [0.25, 0.3) is 0 Å². The number of carbonyl (C=O) groups excluding carboxylic acids is 1. The number of carbonyl (C=O) groups is 1. The summed E-state index contributed by atoms with van der Waals surface area (Å²) in [7, 11) is 0. The van der Waals surface area contributed by atoms with Crippen molar-refractivity contribution in [3.63, 3.8) is 0 Å². The van der Waals surface area contributed by atoms with Crippen LogP contribution in [-0.4, -0.2) is 41.5 Å². The first kappa shape index (κ1) is 17.0. The number of benzene rings is 1. The Morgan fingerprint density at radius 2 is 2.12 bits per heavy atom. The van der Waals surface area contributed by atoms with Gasteiger partial charge in [0.2, 0.25) is 0 Å². The van der Waals surface area contributed by atoms with Gasteiger partial charge in [0.25, 0.3) is 5.91 Å². The van der Waals surface area contributed by atoms with Crippen LogP contribution in [0.5, 0.6) is 0 Å². The first-order chi connectivity index (χ1) is 11.6. The maximum atomic E-state index is 12.8. The van der Waals surface area contributed by atoms with Crippen LogP contribution in [-0.2, 0) is 6.42 Å². The summed E-state index contributed by atoms with van der Waals surface area (Å²) in [5.41, 5.74) is 3.17. The van der Waals surface area contributed by atoms with E-state index in [0.717, 1.165) is 37.5 Å². The zero-order valence-corrected chi connectivity index (χ0v) is 15.5. The highest BCUT2D eigenvalue weighted by Gasteiger charge is 2.29. The number of thiazole rings is 1. The van der Waals surface area contributed by atoms with E-state index in [1.54, 1.807) is 11.3 Å². The summed E-state index contributed by atoms with van der Waals surface area (Å²) in [5, 5.41) is 2.97. The van der Waals surface area contributed by atoms with E-state index in [-0.39, 0.29) is 11.9 Å². The molecule has 24 heavy (non-hydrogen) atoms. The molecule has 2 aromatic rings. The van der Waals surface area contributed by atoms with Gasteiger partial charge in [-0.1, -0.05) is 25.1 Å². The zero-order chi connectivity index (χ0) is 17.1. The Morgan fingerprint density at radius 3 is 2.83 bits per heavy atom. The van der Waals surface area contributed by atoms with Gasteiger partial charge >= 0.3 is 0 Å². The number of aryl methyl sites for hydroxylation is 2. The molecular weight excluding hydrogens is 318 g/mol. The molecule has 1 aliphatic rings. The molecule has 3 rings (SSSR count). The third kappa shape index (κ3) is 3.46. The summed E-state index contributed by atoms with van der Waals surface area (Å²) in [4.78, 5) is 21.7. The van der Waals surface area contributed by atoms with Gasteiger partial charge in [0, 0.05) is 36.7 Å². The predicted octanol–water partition coefficient (Wildman–Crippen LogP) is 3.75. The molecule has 0 aliphatic carbocycles. The molecule has 128 valence electrons. The van der Waals surface area contributed by atoms with Gasteiger partial charge in [-0.2, -0.15) is 0 Å². The van der Waals surface area contributed by atoms with Crippen molar-refractivity contribution in [1.29, 1.82) is 0 Å². The molecule has 0 N–H and O–H groups in total. The molecule has 1 amide bonds. The van der Waals surface area contributed by atoms with Crippen molar-refractivity contribution in [2.75, 3.05) is 24.5 Å². The van der Waals surface area contributed by atoms with E-state index in [1.807, 2.05) is 10.3 Å². The van der Waals surface area contributed by atoms with Gasteiger partial charge in [0.05, 0.1) is 5.01 Å². The van der Waals surface area contributed by atoms with Gasteiger partial charge in [0.1, 0.15) is 5.69 Å². The summed E-state index contributed by atoms with van der Waals surface area (Å²) >= 11 is 1.60. The van der Waals surface area contributed by atoms with Crippen LogP contribution in [0.15, 0.2) is 29.6 Å². The van der Waals surface area contributed by atoms with Crippen molar-refractivity contribution < 1.29 is 4.79 Å². The van der Waals surface area contributed by atoms with Gasteiger partial charge < -0.3 is 9.80 Å². The fourth-order valence-corrected chi connectivity index (χ4v) is 4.16. The topological polar surface area (TPSA) is 36.4 Å². The maximum Gasteiger partial charge on any atom is 0.273 e. The number of para-hydroxylation sites is 1. The van der Waals surface area contributed by atoms with Gasteiger partial charge in [-0.05, 0) is 38.3 Å². The number of hydrogen-bond donors (Lipinski definition) is 0. The first-order valence-electron chi connectivity index (χ1n) is 8.66. The SMILES string of the molecule is CCCc1nc(C(=O)N2CCN(c3ccccc3C)CC2C)cs1. The second-order valence-corrected chi connectivity index (χ2v) is 7.40. The second kappa shape index (κ2) is 7.34. The average Bonchev–Trinajstić information content (AvgIpc) is 3.04. The van der Waals surface area contributed by atoms with Crippen molar-refractivity contribution in [2.24, 2.45) is 0 Å². The summed E-state index contributed by atoms with van der Waals surface area (Å²) in [5.74, 6) is 0.0746. The largest absolute Gasteiger partial charge is 0.367 e. The lowest BCUT2D eigenvalue weighted by Gasteiger charge is -2.41. The fourth-order valence-electron chi connectivity index (χ4n) is 3.28. The number of amides is 1. The number of aromatic nitrogens is 1. The van der Waals surface area contributed by atoms with Crippen molar-refractivity contribution in [3.8, 4) is 0 Å². The maximum absolute atomic E-state index is 12.8. The molecule has 1 atom stereocenters. The Hall–Kier alpha value is -1.88. The molecule has 0 radical (unpaired) electrons. The lowest BCUT2D eigenvalue weighted by Crippen LogP contribution is -2.54. The van der Waals surface area contributed by atoms with Crippen LogP contribution in [0.3, 0.4) is 0 Å². The Morgan fingerprint density at radius 1 is 1.33 bits per heavy atom. The van der Waals surface area contributed by atoms with E-state index in [1.165, 1.54) is 11.3 Å². The van der Waals surface area contributed by atoms with Crippen molar-refractivity contribution in [3.05, 3.63) is 45.9 Å². The van der Waals surface area contributed by atoms with Crippen LogP contribution in [0.2, 0.25) is 0 Å². The molecule has 0 spiro atoms. The molecule has 1 unspecified atom stereocenters. The molecule has 1 fully saturated rings. The van der Waals surface area contributed by atoms with E-state index < -0.39 is 0 Å². The van der Waals surface area contributed by atoms with E-state index in [0.29, 0.717) is 5.69 Å². The van der Waals surface area contributed by atoms with Gasteiger partial charge in [-0.15, -0.1) is 11.3 Å². The van der Waals surface area contributed by atoms with E-state index in [9.17, 15) is 4.79 Å². The first-order valence-corrected chi connectivity index (χ1v) is 9.54. The molecule has 0 saturated carbocycles. The summed E-state index contributed by atoms with van der Waals surface area (Å²) in [6.07, 6.45) is 2.02. The third-order valence-electron chi connectivity index (χ3n) is 4.58. The Labute approximate surface area is 148 Å². The third-order valence-corrected chi connectivity index (χ3v) is 5.49. The lowest BCUT2D eigenvalue weighted by molar-refractivity contribution is 0.0668. The van der Waals surface area contributed by atoms with E-state index >= 15 is 0 Å². The van der Waals surface area contributed by atoms with E-state index in [2.05, 4.69) is 54.9 Å². The smallest absolute Gasteiger partial charge is 0.273 e. The molecule has 1 aromatic carbocycles. The van der Waals surface area contributed by atoms with Crippen molar-refractivity contribution >= 4 is 22.9 Å². The Bertz CT molecular complexity index is 712.